The number of likely N-dealkylation sites (tertiary alicyclic amines) is 2. The Balaban J connectivity index is 0.000000330. The Bertz CT molecular complexity index is 2180. The lowest BCUT2D eigenvalue weighted by Gasteiger charge is -2.33. The van der Waals surface area contributed by atoms with E-state index < -0.39 is 23.5 Å². The third kappa shape index (κ3) is 14.5. The number of piperidine rings is 2. The molecule has 2 unspecified atom stereocenters. The number of aromatic nitrogens is 6. The lowest BCUT2D eigenvalue weighted by molar-refractivity contribution is -0.138. The molecule has 64 heavy (non-hydrogen) atoms. The first-order chi connectivity index (χ1) is 30.4. The second-order valence-electron chi connectivity index (χ2n) is 16.3. The van der Waals surface area contributed by atoms with Crippen LogP contribution in [0.5, 0.6) is 0 Å². The molecule has 4 aromatic heterocycles. The van der Waals surface area contributed by atoms with E-state index >= 15 is 0 Å². The molecule has 6 heterocycles. The number of nitrogens with zero attached hydrogens (tertiary/aromatic N) is 8. The molecule has 4 aromatic rings. The van der Waals surface area contributed by atoms with Crippen LogP contribution in [0.4, 0.5) is 49.6 Å². The quantitative estimate of drug-likeness (QED) is 0.131. The number of ether oxygens (including phenoxy) is 1. The maximum absolute atomic E-state index is 13.1. The Kier molecular flexibility index (Phi) is 17.4. The summed E-state index contributed by atoms with van der Waals surface area (Å²) in [6, 6.07) is 7.31. The molecule has 2 amide bonds. The van der Waals surface area contributed by atoms with Crippen LogP contribution in [-0.4, -0.2) is 91.4 Å². The van der Waals surface area contributed by atoms with Crippen LogP contribution in [0, 0.1) is 5.92 Å². The average Bonchev–Trinajstić information content (AvgIpc) is 4.12. The summed E-state index contributed by atoms with van der Waals surface area (Å²) in [5.74, 6) is 3.08. The molecule has 2 N–H and O–H groups in total. The van der Waals surface area contributed by atoms with Gasteiger partial charge in [-0.1, -0.05) is 27.7 Å². The van der Waals surface area contributed by atoms with Crippen LogP contribution >= 0.6 is 0 Å². The third-order valence-corrected chi connectivity index (χ3v) is 10.8. The van der Waals surface area contributed by atoms with Gasteiger partial charge < -0.3 is 25.2 Å². The van der Waals surface area contributed by atoms with Gasteiger partial charge in [-0.2, -0.15) is 26.3 Å². The number of nitrogens with one attached hydrogen (secondary N) is 2. The molecule has 352 valence electrons. The number of halogens is 6. The number of amides is 2. The highest BCUT2D eigenvalue weighted by Gasteiger charge is 2.33. The molecule has 2 saturated heterocycles. The highest BCUT2D eigenvalue weighted by atomic mass is 19.4. The summed E-state index contributed by atoms with van der Waals surface area (Å²) in [4.78, 5) is 54.4. The van der Waals surface area contributed by atoms with Crippen molar-refractivity contribution in [1.82, 2.24) is 39.7 Å². The number of alkyl halides is 6. The van der Waals surface area contributed by atoms with E-state index in [1.54, 1.807) is 26.2 Å². The molecule has 0 radical (unpaired) electrons. The van der Waals surface area contributed by atoms with E-state index in [-0.39, 0.29) is 44.1 Å². The summed E-state index contributed by atoms with van der Waals surface area (Å²) in [6.07, 6.45) is -0.151. The van der Waals surface area contributed by atoms with Crippen LogP contribution in [0.2, 0.25) is 0 Å². The first-order valence-corrected chi connectivity index (χ1v) is 21.8. The Hall–Kier alpha value is -5.46. The van der Waals surface area contributed by atoms with Crippen molar-refractivity contribution >= 4 is 35.1 Å². The molecule has 0 bridgehead atoms. The van der Waals surface area contributed by atoms with Gasteiger partial charge in [0.25, 0.3) is 0 Å². The predicted molar refractivity (Wildman–Crippen MR) is 234 cm³/mol. The normalized spacial score (nSPS) is 17.8. The molecule has 1 saturated carbocycles. The van der Waals surface area contributed by atoms with Crippen molar-refractivity contribution in [1.29, 1.82) is 0 Å². The molecule has 13 nitrogen and oxygen atoms in total. The summed E-state index contributed by atoms with van der Waals surface area (Å²) in [5.41, 5.74) is 0.0481. The minimum Gasteiger partial charge on any atom is -0.384 e. The highest BCUT2D eigenvalue weighted by Crippen LogP contribution is 2.40. The molecule has 0 aromatic carbocycles. The first kappa shape index (κ1) is 49.6. The van der Waals surface area contributed by atoms with Crippen molar-refractivity contribution in [2.24, 2.45) is 5.92 Å². The van der Waals surface area contributed by atoms with Crippen LogP contribution < -0.4 is 10.6 Å². The van der Waals surface area contributed by atoms with E-state index in [0.717, 1.165) is 93.1 Å². The van der Waals surface area contributed by atoms with Crippen molar-refractivity contribution < 1.29 is 43.5 Å². The molecule has 2 aliphatic heterocycles. The monoisotopic (exact) mass is 904 g/mol. The third-order valence-electron chi connectivity index (χ3n) is 10.8. The molecule has 3 fully saturated rings. The van der Waals surface area contributed by atoms with Gasteiger partial charge in [-0.3, -0.25) is 9.59 Å². The zero-order chi connectivity index (χ0) is 46.6. The molecule has 0 spiro atoms. The number of methoxy groups -OCH3 is 1. The van der Waals surface area contributed by atoms with Gasteiger partial charge >= 0.3 is 12.4 Å². The van der Waals surface area contributed by atoms with Crippen molar-refractivity contribution in [3.63, 3.8) is 0 Å². The number of rotatable bonds is 12. The highest BCUT2D eigenvalue weighted by molar-refractivity contribution is 5.76. The number of anilines is 4. The van der Waals surface area contributed by atoms with Gasteiger partial charge in [-0.05, 0) is 68.7 Å². The fraction of sp³-hybridized carbons (Fsp3) is 0.556. The van der Waals surface area contributed by atoms with E-state index in [0.29, 0.717) is 68.3 Å². The van der Waals surface area contributed by atoms with Crippen molar-refractivity contribution in [2.45, 2.75) is 116 Å². The number of carbonyl (C=O) groups excluding carboxylic acids is 2. The number of hydrogen-bond donors (Lipinski definition) is 2. The standard InChI is InChI=1S/C23H30F3N5O2.C20H22F3N5O.C2H6.2H2/c1-15(2)11-20-28-18(16-5-4-9-31(14-16)22(32)7-10-33-3)13-21(30-20)29-19-12-17(6-8-27-19)23(24,25)26;1-12(29)28-8-2-3-14(11-28)16-10-18(27-19(25-16)13-4-5-13)26-17-9-15(6-7-24-17)20(21,22)23;1-2;;/h6,8,12-13,15-16H,4-5,7,9-11,14H2,1-3H3,(H,27,28,29,30);6-7,9-10,13-14H,2-5,8,11H2,1H3,(H,24,25,26,27);1-2H3;2*1H. The molecule has 1 aliphatic carbocycles. The summed E-state index contributed by atoms with van der Waals surface area (Å²) >= 11 is 0. The lowest BCUT2D eigenvalue weighted by Crippen LogP contribution is -2.39. The van der Waals surface area contributed by atoms with Gasteiger partial charge in [0.05, 0.1) is 35.5 Å². The van der Waals surface area contributed by atoms with Crippen molar-refractivity contribution in [3.8, 4) is 0 Å². The number of carbonyl (C=O) groups is 2. The lowest BCUT2D eigenvalue weighted by atomic mass is 9.94. The van der Waals surface area contributed by atoms with Crippen LogP contribution in [-0.2, 0) is 33.1 Å². The summed E-state index contributed by atoms with van der Waals surface area (Å²) in [7, 11) is 1.57. The Labute approximate surface area is 373 Å². The van der Waals surface area contributed by atoms with Gasteiger partial charge in [-0.25, -0.2) is 29.9 Å². The Morgan fingerprint density at radius 2 is 1.25 bits per heavy atom. The minimum absolute atomic E-state index is 0. The van der Waals surface area contributed by atoms with E-state index in [2.05, 4.69) is 30.6 Å². The van der Waals surface area contributed by atoms with E-state index in [1.807, 2.05) is 37.5 Å². The number of pyridine rings is 2. The van der Waals surface area contributed by atoms with Gasteiger partial charge in [-0.15, -0.1) is 0 Å². The second kappa shape index (κ2) is 22.4. The molecular weight excluding hydrogens is 843 g/mol. The summed E-state index contributed by atoms with van der Waals surface area (Å²) in [6.45, 7) is 12.6. The van der Waals surface area contributed by atoms with Gasteiger partial charge in [0.1, 0.15) is 34.9 Å². The topological polar surface area (TPSA) is 151 Å². The Morgan fingerprint density at radius 3 is 1.75 bits per heavy atom. The zero-order valence-corrected chi connectivity index (χ0v) is 37.2. The average molecular weight is 905 g/mol. The summed E-state index contributed by atoms with van der Waals surface area (Å²) in [5, 5.41) is 5.82. The van der Waals surface area contributed by atoms with E-state index in [4.69, 9.17) is 14.7 Å². The van der Waals surface area contributed by atoms with Crippen LogP contribution in [0.1, 0.15) is 134 Å². The molecule has 2 atom stereocenters. The van der Waals surface area contributed by atoms with Gasteiger partial charge in [0.2, 0.25) is 11.8 Å². The molecular formula is C45H62F6N10O3. The number of hydrogen-bond acceptors (Lipinski definition) is 11. The molecule has 7 rings (SSSR count). The van der Waals surface area contributed by atoms with Crippen LogP contribution in [0.3, 0.4) is 0 Å². The van der Waals surface area contributed by atoms with Crippen molar-refractivity contribution in [2.75, 3.05) is 50.5 Å². The fourth-order valence-electron chi connectivity index (χ4n) is 7.44. The maximum Gasteiger partial charge on any atom is 0.416 e. The molecule has 3 aliphatic rings. The largest absolute Gasteiger partial charge is 0.416 e. The first-order valence-electron chi connectivity index (χ1n) is 21.8. The van der Waals surface area contributed by atoms with E-state index in [9.17, 15) is 35.9 Å². The molecule has 19 heteroatoms. The van der Waals surface area contributed by atoms with Gasteiger partial charge in [0, 0.05) is 91.8 Å². The van der Waals surface area contributed by atoms with Crippen LogP contribution in [0.15, 0.2) is 48.8 Å². The van der Waals surface area contributed by atoms with Crippen LogP contribution in [0.25, 0.3) is 0 Å². The minimum atomic E-state index is -4.46. The van der Waals surface area contributed by atoms with E-state index in [1.165, 1.54) is 0 Å². The van der Waals surface area contributed by atoms with Crippen molar-refractivity contribution in [3.05, 3.63) is 83.0 Å². The predicted octanol–water partition coefficient (Wildman–Crippen LogP) is 10.3. The Morgan fingerprint density at radius 1 is 0.734 bits per heavy atom. The fourth-order valence-corrected chi connectivity index (χ4v) is 7.44. The van der Waals surface area contributed by atoms with Gasteiger partial charge in [0.15, 0.2) is 0 Å². The second-order valence-corrected chi connectivity index (χ2v) is 16.3. The SMILES string of the molecule is CC.CC(=O)N1CCCC(c2cc(Nc3cc(C(F)(F)F)ccn3)nc(C3CC3)n2)C1.COCCC(=O)N1CCCC(c2cc(Nc3cc(C(F)(F)F)ccn3)nc(CC(C)C)n2)C1.[HH].[HH]. The zero-order valence-electron chi connectivity index (χ0n) is 37.2. The maximum atomic E-state index is 13.1. The smallest absolute Gasteiger partial charge is 0.384 e. The summed E-state index contributed by atoms with van der Waals surface area (Å²) < 4.78 is 83.2.